The molecule has 0 bridgehead atoms. The van der Waals surface area contributed by atoms with Crippen LogP contribution in [-0.2, 0) is 19.1 Å². The van der Waals surface area contributed by atoms with Gasteiger partial charge in [0.1, 0.15) is 0 Å². The first-order valence-corrected chi connectivity index (χ1v) is 8.73. The maximum atomic E-state index is 12.2. The van der Waals surface area contributed by atoms with Gasteiger partial charge in [-0.25, -0.2) is 0 Å². The van der Waals surface area contributed by atoms with Crippen LogP contribution in [0.1, 0.15) is 66.2 Å². The molecule has 4 heteroatoms. The summed E-state index contributed by atoms with van der Waals surface area (Å²) in [5, 5.41) is 0. The molecule has 0 atom stereocenters. The second-order valence-electron chi connectivity index (χ2n) is 7.33. The molecule has 4 nitrogen and oxygen atoms in total. The highest BCUT2D eigenvalue weighted by Gasteiger charge is 2.31. The molecule has 0 amide bonds. The molecule has 0 aliphatic heterocycles. The Labute approximate surface area is 134 Å². The molecule has 1 saturated carbocycles. The molecule has 128 valence electrons. The van der Waals surface area contributed by atoms with Gasteiger partial charge >= 0.3 is 11.9 Å². The molecule has 0 aromatic carbocycles. The van der Waals surface area contributed by atoms with E-state index in [2.05, 4.69) is 0 Å². The van der Waals surface area contributed by atoms with Crippen molar-refractivity contribution in [2.75, 3.05) is 13.2 Å². The van der Waals surface area contributed by atoms with E-state index in [1.807, 2.05) is 27.7 Å². The summed E-state index contributed by atoms with van der Waals surface area (Å²) in [6, 6.07) is 0. The molecule has 0 saturated heterocycles. The first kappa shape index (κ1) is 19.0. The van der Waals surface area contributed by atoms with Crippen molar-refractivity contribution in [3.8, 4) is 0 Å². The molecule has 0 N–H and O–H groups in total. The Morgan fingerprint density at radius 1 is 0.909 bits per heavy atom. The number of carbonyl (C=O) groups excluding carboxylic acids is 2. The van der Waals surface area contributed by atoms with Crippen molar-refractivity contribution < 1.29 is 19.1 Å². The van der Waals surface area contributed by atoms with Gasteiger partial charge in [0.25, 0.3) is 0 Å². The van der Waals surface area contributed by atoms with Crippen molar-refractivity contribution in [3.63, 3.8) is 0 Å². The summed E-state index contributed by atoms with van der Waals surface area (Å²) in [4.78, 5) is 24.4. The van der Waals surface area contributed by atoms with Crippen molar-refractivity contribution >= 4 is 11.9 Å². The molecule has 1 rings (SSSR count). The monoisotopic (exact) mass is 312 g/mol. The summed E-state index contributed by atoms with van der Waals surface area (Å²) < 4.78 is 10.5. The van der Waals surface area contributed by atoms with Gasteiger partial charge in [-0.05, 0) is 30.6 Å². The fourth-order valence-corrected chi connectivity index (χ4v) is 2.73. The predicted octanol–water partition coefficient (Wildman–Crippen LogP) is 3.97. The first-order chi connectivity index (χ1) is 10.4. The van der Waals surface area contributed by atoms with E-state index in [4.69, 9.17) is 9.47 Å². The second-order valence-corrected chi connectivity index (χ2v) is 7.33. The van der Waals surface area contributed by atoms with Crippen molar-refractivity contribution in [2.24, 2.45) is 23.7 Å². The SMILES string of the molecule is CC(C)COC(=O)C(CCC1CCCC1)C(=O)OCC(C)C. The number of carbonyl (C=O) groups is 2. The Hall–Kier alpha value is -1.06. The van der Waals surface area contributed by atoms with Crippen LogP contribution in [0.25, 0.3) is 0 Å². The molecule has 1 aliphatic rings. The van der Waals surface area contributed by atoms with E-state index in [1.54, 1.807) is 0 Å². The van der Waals surface area contributed by atoms with Crippen LogP contribution >= 0.6 is 0 Å². The van der Waals surface area contributed by atoms with Gasteiger partial charge in [-0.15, -0.1) is 0 Å². The fourth-order valence-electron chi connectivity index (χ4n) is 2.73. The zero-order valence-corrected chi connectivity index (χ0v) is 14.6. The van der Waals surface area contributed by atoms with E-state index in [1.165, 1.54) is 25.7 Å². The summed E-state index contributed by atoms with van der Waals surface area (Å²) in [6.07, 6.45) is 6.44. The van der Waals surface area contributed by atoms with Crippen molar-refractivity contribution in [3.05, 3.63) is 0 Å². The summed E-state index contributed by atoms with van der Waals surface area (Å²) in [5.74, 6) is -0.394. The number of hydrogen-bond acceptors (Lipinski definition) is 4. The van der Waals surface area contributed by atoms with E-state index < -0.39 is 17.9 Å². The summed E-state index contributed by atoms with van der Waals surface area (Å²) in [5.41, 5.74) is 0. The van der Waals surface area contributed by atoms with E-state index in [9.17, 15) is 9.59 Å². The highest BCUT2D eigenvalue weighted by Crippen LogP contribution is 2.30. The minimum Gasteiger partial charge on any atom is -0.465 e. The highest BCUT2D eigenvalue weighted by atomic mass is 16.6. The topological polar surface area (TPSA) is 52.6 Å². The van der Waals surface area contributed by atoms with Crippen LogP contribution in [0.5, 0.6) is 0 Å². The molecular weight excluding hydrogens is 280 g/mol. The molecule has 0 aromatic heterocycles. The van der Waals surface area contributed by atoms with Crippen molar-refractivity contribution in [1.29, 1.82) is 0 Å². The quantitative estimate of drug-likeness (QED) is 0.477. The van der Waals surface area contributed by atoms with Gasteiger partial charge in [-0.1, -0.05) is 53.4 Å². The standard InChI is InChI=1S/C18H32O4/c1-13(2)11-21-17(19)16(18(20)22-12-14(3)4)10-9-15-7-5-6-8-15/h13-16H,5-12H2,1-4H3. The third kappa shape index (κ3) is 7.28. The fraction of sp³-hybridized carbons (Fsp3) is 0.889. The molecule has 1 aliphatic carbocycles. The third-order valence-electron chi connectivity index (χ3n) is 4.03. The van der Waals surface area contributed by atoms with Crippen LogP contribution in [-0.4, -0.2) is 25.2 Å². The number of hydrogen-bond donors (Lipinski definition) is 0. The lowest BCUT2D eigenvalue weighted by molar-refractivity contribution is -0.163. The summed E-state index contributed by atoms with van der Waals surface area (Å²) >= 11 is 0. The normalized spacial score (nSPS) is 15.8. The molecule has 1 fully saturated rings. The van der Waals surface area contributed by atoms with Crippen LogP contribution in [0.2, 0.25) is 0 Å². The number of rotatable bonds is 9. The van der Waals surface area contributed by atoms with Gasteiger partial charge < -0.3 is 9.47 Å². The Morgan fingerprint density at radius 2 is 1.36 bits per heavy atom. The lowest BCUT2D eigenvalue weighted by atomic mass is 9.94. The third-order valence-corrected chi connectivity index (χ3v) is 4.03. The molecule has 0 unspecified atom stereocenters. The van der Waals surface area contributed by atoms with Crippen molar-refractivity contribution in [2.45, 2.75) is 66.2 Å². The Balaban J connectivity index is 2.53. The minimum absolute atomic E-state index is 0.270. The maximum Gasteiger partial charge on any atom is 0.320 e. The van der Waals surface area contributed by atoms with Crippen LogP contribution in [0.3, 0.4) is 0 Å². The average Bonchev–Trinajstić information content (AvgIpc) is 2.96. The largest absolute Gasteiger partial charge is 0.465 e. The summed E-state index contributed by atoms with van der Waals surface area (Å²) in [7, 11) is 0. The number of ether oxygens (including phenoxy) is 2. The molecule has 0 heterocycles. The van der Waals surface area contributed by atoms with Crippen LogP contribution in [0.4, 0.5) is 0 Å². The smallest absolute Gasteiger partial charge is 0.320 e. The Morgan fingerprint density at radius 3 is 1.77 bits per heavy atom. The van der Waals surface area contributed by atoms with Gasteiger partial charge in [0.05, 0.1) is 13.2 Å². The van der Waals surface area contributed by atoms with Crippen LogP contribution in [0, 0.1) is 23.7 Å². The predicted molar refractivity (Wildman–Crippen MR) is 86.3 cm³/mol. The second kappa shape index (κ2) is 9.86. The van der Waals surface area contributed by atoms with E-state index >= 15 is 0 Å². The van der Waals surface area contributed by atoms with E-state index in [0.29, 0.717) is 25.6 Å². The Kier molecular flexibility index (Phi) is 8.51. The lowest BCUT2D eigenvalue weighted by Crippen LogP contribution is -2.30. The molecular formula is C18H32O4. The van der Waals surface area contributed by atoms with Gasteiger partial charge in [-0.2, -0.15) is 0 Å². The van der Waals surface area contributed by atoms with E-state index in [0.717, 1.165) is 6.42 Å². The van der Waals surface area contributed by atoms with Gasteiger partial charge in [0, 0.05) is 0 Å². The molecule has 22 heavy (non-hydrogen) atoms. The van der Waals surface area contributed by atoms with Gasteiger partial charge in [-0.3, -0.25) is 9.59 Å². The Bertz CT molecular complexity index is 319. The maximum absolute atomic E-state index is 12.2. The average molecular weight is 312 g/mol. The number of esters is 2. The van der Waals surface area contributed by atoms with Crippen molar-refractivity contribution in [1.82, 2.24) is 0 Å². The zero-order valence-electron chi connectivity index (χ0n) is 14.6. The lowest BCUT2D eigenvalue weighted by Gasteiger charge is -2.18. The highest BCUT2D eigenvalue weighted by molar-refractivity contribution is 5.94. The van der Waals surface area contributed by atoms with Crippen LogP contribution < -0.4 is 0 Å². The minimum atomic E-state index is -0.752. The zero-order chi connectivity index (χ0) is 16.5. The summed E-state index contributed by atoms with van der Waals surface area (Å²) in [6.45, 7) is 8.65. The molecule has 0 aromatic rings. The first-order valence-electron chi connectivity index (χ1n) is 8.73. The molecule has 0 spiro atoms. The van der Waals surface area contributed by atoms with Gasteiger partial charge in [0.2, 0.25) is 0 Å². The van der Waals surface area contributed by atoms with E-state index in [-0.39, 0.29) is 11.8 Å². The van der Waals surface area contributed by atoms with Crippen LogP contribution in [0.15, 0.2) is 0 Å². The van der Waals surface area contributed by atoms with Gasteiger partial charge in [0.15, 0.2) is 5.92 Å². The molecule has 0 radical (unpaired) electrons.